The standard InChI is InChI=1S/C34H37NO6/c1-32(2,3)41-29(36)21-27-20-28-23-40-33(4,25-16-10-6-11-17-25)35(28)30(37)34(27,26-18-12-7-13-19-26)31(38)39-22-24-14-8-5-9-15-24/h5-19,27-28H,20-23H2,1-4H3/t27-,28-,33-,34?/m0/s1. The Morgan fingerprint density at radius 1 is 0.902 bits per heavy atom. The molecule has 5 rings (SSSR count). The maximum atomic E-state index is 15.0. The summed E-state index contributed by atoms with van der Waals surface area (Å²) in [4.78, 5) is 44.5. The van der Waals surface area contributed by atoms with Crippen LogP contribution in [0.2, 0.25) is 0 Å². The van der Waals surface area contributed by atoms with Crippen molar-refractivity contribution in [3.05, 3.63) is 108 Å². The van der Waals surface area contributed by atoms with Gasteiger partial charge in [-0.3, -0.25) is 14.4 Å². The summed E-state index contributed by atoms with van der Waals surface area (Å²) in [5.41, 5.74) is -1.51. The lowest BCUT2D eigenvalue weighted by molar-refractivity contribution is -0.179. The summed E-state index contributed by atoms with van der Waals surface area (Å²) in [5, 5.41) is 0. The van der Waals surface area contributed by atoms with Crippen LogP contribution in [0.1, 0.15) is 57.2 Å². The van der Waals surface area contributed by atoms with Crippen molar-refractivity contribution in [3.63, 3.8) is 0 Å². The summed E-state index contributed by atoms with van der Waals surface area (Å²) in [7, 11) is 0. The number of carbonyl (C=O) groups excluding carboxylic acids is 3. The van der Waals surface area contributed by atoms with Gasteiger partial charge in [-0.15, -0.1) is 0 Å². The van der Waals surface area contributed by atoms with Crippen molar-refractivity contribution in [2.24, 2.45) is 5.92 Å². The highest BCUT2D eigenvalue weighted by atomic mass is 16.6. The van der Waals surface area contributed by atoms with Gasteiger partial charge in [-0.1, -0.05) is 91.0 Å². The molecule has 0 N–H and O–H groups in total. The lowest BCUT2D eigenvalue weighted by atomic mass is 9.62. The highest BCUT2D eigenvalue weighted by molar-refractivity contribution is 6.10. The molecule has 2 saturated heterocycles. The smallest absolute Gasteiger partial charge is 0.326 e. The minimum atomic E-state index is -1.78. The van der Waals surface area contributed by atoms with Gasteiger partial charge in [0, 0.05) is 11.5 Å². The molecule has 7 nitrogen and oxygen atoms in total. The Morgan fingerprint density at radius 2 is 1.46 bits per heavy atom. The van der Waals surface area contributed by atoms with Crippen molar-refractivity contribution < 1.29 is 28.6 Å². The predicted molar refractivity (Wildman–Crippen MR) is 153 cm³/mol. The Morgan fingerprint density at radius 3 is 2.05 bits per heavy atom. The first-order chi connectivity index (χ1) is 19.6. The maximum Gasteiger partial charge on any atom is 0.326 e. The van der Waals surface area contributed by atoms with Gasteiger partial charge >= 0.3 is 11.9 Å². The fourth-order valence-corrected chi connectivity index (χ4v) is 6.21. The molecule has 4 atom stereocenters. The number of fused-ring (bicyclic) bond motifs is 1. The fourth-order valence-electron chi connectivity index (χ4n) is 6.21. The number of hydrogen-bond donors (Lipinski definition) is 0. The minimum Gasteiger partial charge on any atom is -0.460 e. The molecule has 0 saturated carbocycles. The zero-order chi connectivity index (χ0) is 29.3. The third-order valence-corrected chi connectivity index (χ3v) is 8.01. The van der Waals surface area contributed by atoms with E-state index in [-0.39, 0.29) is 25.7 Å². The first-order valence-corrected chi connectivity index (χ1v) is 14.1. The largest absolute Gasteiger partial charge is 0.460 e. The van der Waals surface area contributed by atoms with Crippen molar-refractivity contribution in [2.75, 3.05) is 6.61 Å². The van der Waals surface area contributed by atoms with E-state index in [0.29, 0.717) is 12.0 Å². The van der Waals surface area contributed by atoms with Gasteiger partial charge in [-0.25, -0.2) is 0 Å². The Bertz CT molecular complexity index is 1390. The van der Waals surface area contributed by atoms with Gasteiger partial charge in [0.15, 0.2) is 11.1 Å². The molecular formula is C34H37NO6. The molecule has 3 aromatic carbocycles. The van der Waals surface area contributed by atoms with Gasteiger partial charge < -0.3 is 19.1 Å². The normalized spacial score (nSPS) is 25.9. The second-order valence-electron chi connectivity index (χ2n) is 11.9. The number of benzene rings is 3. The summed E-state index contributed by atoms with van der Waals surface area (Å²) in [6.07, 6.45) is 0.244. The average molecular weight is 556 g/mol. The van der Waals surface area contributed by atoms with E-state index in [0.717, 1.165) is 11.1 Å². The molecular weight excluding hydrogens is 518 g/mol. The fraction of sp³-hybridized carbons (Fsp3) is 0.382. The third-order valence-electron chi connectivity index (χ3n) is 8.01. The molecule has 0 aliphatic carbocycles. The van der Waals surface area contributed by atoms with Crippen LogP contribution in [-0.2, 0) is 46.3 Å². The molecule has 2 heterocycles. The summed E-state index contributed by atoms with van der Waals surface area (Å²) < 4.78 is 18.0. The van der Waals surface area contributed by atoms with Gasteiger partial charge in [-0.05, 0) is 45.2 Å². The second kappa shape index (κ2) is 11.1. The average Bonchev–Trinajstić information content (AvgIpc) is 3.30. The topological polar surface area (TPSA) is 82.1 Å². The molecule has 41 heavy (non-hydrogen) atoms. The van der Waals surface area contributed by atoms with Crippen LogP contribution in [0.5, 0.6) is 0 Å². The zero-order valence-corrected chi connectivity index (χ0v) is 24.0. The minimum absolute atomic E-state index is 0.00340. The van der Waals surface area contributed by atoms with Crippen molar-refractivity contribution in [3.8, 4) is 0 Å². The molecule has 2 aliphatic rings. The van der Waals surface area contributed by atoms with Crippen LogP contribution in [0.15, 0.2) is 91.0 Å². The van der Waals surface area contributed by atoms with Crippen LogP contribution in [0.25, 0.3) is 0 Å². The van der Waals surface area contributed by atoms with Crippen LogP contribution in [0.3, 0.4) is 0 Å². The number of amides is 1. The maximum absolute atomic E-state index is 15.0. The van der Waals surface area contributed by atoms with Crippen LogP contribution in [0, 0.1) is 5.92 Å². The number of carbonyl (C=O) groups is 3. The van der Waals surface area contributed by atoms with E-state index in [1.807, 2.05) is 73.7 Å². The SMILES string of the molecule is CC(C)(C)OC(=O)C[C@@H]1C[C@H]2CO[C@@](C)(c3ccccc3)N2C(=O)C1(C(=O)OCc1ccccc1)c1ccccc1. The Hall–Kier alpha value is -3.97. The molecule has 0 bridgehead atoms. The van der Waals surface area contributed by atoms with Crippen molar-refractivity contribution in [1.29, 1.82) is 0 Å². The summed E-state index contributed by atoms with van der Waals surface area (Å²) in [6.45, 7) is 7.54. The van der Waals surface area contributed by atoms with Crippen molar-refractivity contribution in [2.45, 2.75) is 69.9 Å². The summed E-state index contributed by atoms with van der Waals surface area (Å²) in [6, 6.07) is 27.5. The molecule has 3 aromatic rings. The van der Waals surface area contributed by atoms with Crippen molar-refractivity contribution in [1.82, 2.24) is 4.90 Å². The van der Waals surface area contributed by atoms with Gasteiger partial charge in [0.2, 0.25) is 5.91 Å². The lowest BCUT2D eigenvalue weighted by Gasteiger charge is -2.50. The third kappa shape index (κ3) is 5.38. The van der Waals surface area contributed by atoms with Gasteiger partial charge in [0.25, 0.3) is 0 Å². The van der Waals surface area contributed by atoms with E-state index < -0.39 is 40.5 Å². The van der Waals surface area contributed by atoms with Gasteiger partial charge in [0.1, 0.15) is 12.2 Å². The molecule has 0 spiro atoms. The van der Waals surface area contributed by atoms with E-state index in [1.54, 1.807) is 49.9 Å². The van der Waals surface area contributed by atoms with E-state index in [9.17, 15) is 9.59 Å². The molecule has 0 aromatic heterocycles. The summed E-state index contributed by atoms with van der Waals surface area (Å²) in [5.74, 6) is -2.30. The van der Waals surface area contributed by atoms with Gasteiger partial charge in [-0.2, -0.15) is 0 Å². The van der Waals surface area contributed by atoms with Crippen LogP contribution >= 0.6 is 0 Å². The van der Waals surface area contributed by atoms with Crippen LogP contribution in [-0.4, -0.2) is 41.0 Å². The number of rotatable bonds is 7. The van der Waals surface area contributed by atoms with E-state index in [2.05, 4.69) is 0 Å². The number of ether oxygens (including phenoxy) is 3. The number of esters is 2. The van der Waals surface area contributed by atoms with E-state index >= 15 is 4.79 Å². The summed E-state index contributed by atoms with van der Waals surface area (Å²) >= 11 is 0. The first-order valence-electron chi connectivity index (χ1n) is 14.1. The Kier molecular flexibility index (Phi) is 7.75. The molecule has 1 amide bonds. The molecule has 2 fully saturated rings. The van der Waals surface area contributed by atoms with E-state index in [1.165, 1.54) is 0 Å². The quantitative estimate of drug-likeness (QED) is 0.282. The molecule has 214 valence electrons. The highest BCUT2D eigenvalue weighted by Crippen LogP contribution is 2.51. The Labute approximate surface area is 241 Å². The van der Waals surface area contributed by atoms with E-state index in [4.69, 9.17) is 14.2 Å². The lowest BCUT2D eigenvalue weighted by Crippen LogP contribution is -2.66. The number of hydrogen-bond acceptors (Lipinski definition) is 6. The molecule has 0 radical (unpaired) electrons. The number of piperidine rings is 1. The molecule has 1 unspecified atom stereocenters. The van der Waals surface area contributed by atoms with Gasteiger partial charge in [0.05, 0.1) is 19.1 Å². The predicted octanol–water partition coefficient (Wildman–Crippen LogP) is 5.52. The highest BCUT2D eigenvalue weighted by Gasteiger charge is 2.66. The first kappa shape index (κ1) is 28.6. The number of nitrogens with zero attached hydrogens (tertiary/aromatic N) is 1. The monoisotopic (exact) mass is 555 g/mol. The zero-order valence-electron chi connectivity index (χ0n) is 24.0. The molecule has 7 heteroatoms. The van der Waals surface area contributed by atoms with Crippen LogP contribution < -0.4 is 0 Å². The Balaban J connectivity index is 1.63. The van der Waals surface area contributed by atoms with Crippen LogP contribution in [0.4, 0.5) is 0 Å². The second-order valence-corrected chi connectivity index (χ2v) is 11.9. The van der Waals surface area contributed by atoms with Crippen molar-refractivity contribution >= 4 is 17.8 Å². The molecule has 2 aliphatic heterocycles.